The zero-order valence-electron chi connectivity index (χ0n) is 15.7. The van der Waals surface area contributed by atoms with E-state index in [1.807, 2.05) is 0 Å². The third-order valence-corrected chi connectivity index (χ3v) is 6.23. The van der Waals surface area contributed by atoms with Crippen molar-refractivity contribution in [3.05, 3.63) is 58.3 Å². The molecule has 0 fully saturated rings. The van der Waals surface area contributed by atoms with E-state index in [1.165, 1.54) is 45.7 Å². The van der Waals surface area contributed by atoms with Crippen molar-refractivity contribution in [3.63, 3.8) is 0 Å². The molecule has 0 saturated heterocycles. The molecule has 0 unspecified atom stereocenters. The van der Waals surface area contributed by atoms with Crippen molar-refractivity contribution in [2.24, 2.45) is 0 Å². The number of carbonyl (C=O) groups is 1. The van der Waals surface area contributed by atoms with Crippen LogP contribution in [0.2, 0.25) is 0 Å². The molecule has 0 radical (unpaired) electrons. The zero-order valence-corrected chi connectivity index (χ0v) is 16.5. The van der Waals surface area contributed by atoms with E-state index in [1.54, 1.807) is 20.8 Å². The Labute approximate surface area is 158 Å². The van der Waals surface area contributed by atoms with E-state index in [0.29, 0.717) is 30.8 Å². The smallest absolute Gasteiger partial charge is 0.256 e. The van der Waals surface area contributed by atoms with Gasteiger partial charge in [0.15, 0.2) is 0 Å². The van der Waals surface area contributed by atoms with E-state index in [-0.39, 0.29) is 22.9 Å². The van der Waals surface area contributed by atoms with Crippen LogP contribution >= 0.6 is 0 Å². The van der Waals surface area contributed by atoms with Crippen molar-refractivity contribution >= 4 is 15.9 Å². The molecule has 1 heterocycles. The highest BCUT2D eigenvalue weighted by molar-refractivity contribution is 7.89. The molecule has 0 atom stereocenters. The molecule has 2 aromatic rings. The number of benzene rings is 1. The Hall–Kier alpha value is -2.52. The van der Waals surface area contributed by atoms with Crippen molar-refractivity contribution in [2.45, 2.75) is 32.2 Å². The van der Waals surface area contributed by atoms with Crippen LogP contribution < -0.4 is 10.9 Å². The summed E-state index contributed by atoms with van der Waals surface area (Å²) in [6, 6.07) is 5.81. The van der Waals surface area contributed by atoms with Crippen molar-refractivity contribution in [1.82, 2.24) is 19.2 Å². The normalized spacial score (nSPS) is 11.6. The Balaban J connectivity index is 2.01. The van der Waals surface area contributed by atoms with Crippen LogP contribution in [0.3, 0.4) is 0 Å². The second-order valence-electron chi connectivity index (χ2n) is 5.94. The highest BCUT2D eigenvalue weighted by atomic mass is 32.2. The van der Waals surface area contributed by atoms with Crippen molar-refractivity contribution in [3.8, 4) is 0 Å². The van der Waals surface area contributed by atoms with E-state index >= 15 is 0 Å². The summed E-state index contributed by atoms with van der Waals surface area (Å²) >= 11 is 0. The molecule has 1 N–H and O–H groups in total. The van der Waals surface area contributed by atoms with Crippen LogP contribution in [0.1, 0.15) is 29.8 Å². The summed E-state index contributed by atoms with van der Waals surface area (Å²) in [5, 5.41) is 2.71. The Morgan fingerprint density at radius 2 is 1.81 bits per heavy atom. The number of aromatic nitrogens is 2. The van der Waals surface area contributed by atoms with Gasteiger partial charge in [0.1, 0.15) is 0 Å². The molecule has 0 spiro atoms. The van der Waals surface area contributed by atoms with Gasteiger partial charge < -0.3 is 5.32 Å². The highest BCUT2D eigenvalue weighted by Crippen LogP contribution is 2.16. The van der Waals surface area contributed by atoms with Gasteiger partial charge in [-0.15, -0.1) is 0 Å². The third-order valence-electron chi connectivity index (χ3n) is 4.17. The van der Waals surface area contributed by atoms with Crippen LogP contribution in [-0.2, 0) is 16.6 Å². The van der Waals surface area contributed by atoms with Gasteiger partial charge in [0.05, 0.1) is 11.2 Å². The van der Waals surface area contributed by atoms with Crippen LogP contribution in [0.25, 0.3) is 0 Å². The number of aryl methyl sites for hydroxylation is 1. The molecule has 1 aromatic heterocycles. The first-order valence-corrected chi connectivity index (χ1v) is 10.1. The average Bonchev–Trinajstić information content (AvgIpc) is 2.66. The first-order valence-electron chi connectivity index (χ1n) is 8.70. The minimum absolute atomic E-state index is 0.148. The van der Waals surface area contributed by atoms with Gasteiger partial charge in [0.25, 0.3) is 11.5 Å². The molecule has 0 aliphatic carbocycles. The molecule has 27 heavy (non-hydrogen) atoms. The van der Waals surface area contributed by atoms with Crippen LogP contribution in [0.15, 0.2) is 46.5 Å². The summed E-state index contributed by atoms with van der Waals surface area (Å²) in [5.41, 5.74) is 0.738. The van der Waals surface area contributed by atoms with Crippen LogP contribution in [0.5, 0.6) is 0 Å². The quantitative estimate of drug-likeness (QED) is 0.723. The van der Waals surface area contributed by atoms with Crippen molar-refractivity contribution < 1.29 is 13.2 Å². The summed E-state index contributed by atoms with van der Waals surface area (Å²) in [7, 11) is -3.55. The SMILES string of the molecule is CCN(CC)S(=O)(=O)c1ccc(C(=O)NCCn2cncc(C)c2=O)cc1. The highest BCUT2D eigenvalue weighted by Gasteiger charge is 2.21. The lowest BCUT2D eigenvalue weighted by Gasteiger charge is -2.18. The predicted molar refractivity (Wildman–Crippen MR) is 102 cm³/mol. The minimum Gasteiger partial charge on any atom is -0.350 e. The summed E-state index contributed by atoms with van der Waals surface area (Å²) < 4.78 is 27.7. The summed E-state index contributed by atoms with van der Waals surface area (Å²) in [4.78, 5) is 28.2. The fourth-order valence-corrected chi connectivity index (χ4v) is 4.06. The van der Waals surface area contributed by atoms with Crippen molar-refractivity contribution in [1.29, 1.82) is 0 Å². The van der Waals surface area contributed by atoms with E-state index in [4.69, 9.17) is 0 Å². The molecule has 0 saturated carbocycles. The number of nitrogens with one attached hydrogen (secondary N) is 1. The molecule has 146 valence electrons. The van der Waals surface area contributed by atoms with Gasteiger partial charge in [-0.1, -0.05) is 13.8 Å². The fraction of sp³-hybridized carbons (Fsp3) is 0.389. The summed E-state index contributed by atoms with van der Waals surface area (Å²) in [6.45, 7) is 6.55. The topological polar surface area (TPSA) is 101 Å². The Morgan fingerprint density at radius 3 is 2.41 bits per heavy atom. The van der Waals surface area contributed by atoms with Gasteiger partial charge in [-0.25, -0.2) is 13.4 Å². The summed E-state index contributed by atoms with van der Waals surface area (Å²) in [6.07, 6.45) is 2.92. The minimum atomic E-state index is -3.55. The van der Waals surface area contributed by atoms with E-state index in [9.17, 15) is 18.0 Å². The molecular formula is C18H24N4O4S. The first-order chi connectivity index (χ1) is 12.8. The van der Waals surface area contributed by atoms with Crippen LogP contribution in [0, 0.1) is 6.92 Å². The van der Waals surface area contributed by atoms with E-state index in [0.717, 1.165) is 0 Å². The first kappa shape index (κ1) is 20.8. The van der Waals surface area contributed by atoms with Crippen LogP contribution in [-0.4, -0.2) is 47.8 Å². The number of hydrogen-bond donors (Lipinski definition) is 1. The number of carbonyl (C=O) groups excluding carboxylic acids is 1. The molecule has 9 heteroatoms. The monoisotopic (exact) mass is 392 g/mol. The standard InChI is InChI=1S/C18H24N4O4S/c1-4-22(5-2)27(25,26)16-8-6-15(7-9-16)17(23)20-10-11-21-13-19-12-14(3)18(21)24/h6-9,12-13H,4-5,10-11H2,1-3H3,(H,20,23). The number of nitrogens with zero attached hydrogens (tertiary/aromatic N) is 3. The molecule has 8 nitrogen and oxygen atoms in total. The van der Waals surface area contributed by atoms with Gasteiger partial charge >= 0.3 is 0 Å². The average molecular weight is 392 g/mol. The predicted octanol–water partition coefficient (Wildman–Crippen LogP) is 1.01. The van der Waals surface area contributed by atoms with Crippen molar-refractivity contribution in [2.75, 3.05) is 19.6 Å². The lowest BCUT2D eigenvalue weighted by molar-refractivity contribution is 0.0952. The number of amides is 1. The van der Waals surface area contributed by atoms with E-state index < -0.39 is 10.0 Å². The Bertz CT molecular complexity index is 948. The molecule has 2 rings (SSSR count). The fourth-order valence-electron chi connectivity index (χ4n) is 2.60. The molecular weight excluding hydrogens is 368 g/mol. The Morgan fingerprint density at radius 1 is 1.19 bits per heavy atom. The lowest BCUT2D eigenvalue weighted by atomic mass is 10.2. The second-order valence-corrected chi connectivity index (χ2v) is 7.88. The third kappa shape index (κ3) is 4.81. The maximum Gasteiger partial charge on any atom is 0.256 e. The van der Waals surface area contributed by atoms with Gasteiger partial charge in [-0.3, -0.25) is 14.2 Å². The number of rotatable bonds is 8. The van der Waals surface area contributed by atoms with Gasteiger partial charge in [0.2, 0.25) is 10.0 Å². The molecule has 1 aromatic carbocycles. The molecule has 0 bridgehead atoms. The molecule has 0 aliphatic heterocycles. The van der Waals surface area contributed by atoms with Crippen LogP contribution in [0.4, 0.5) is 0 Å². The Kier molecular flexibility index (Phi) is 6.86. The largest absolute Gasteiger partial charge is 0.350 e. The molecule has 0 aliphatic rings. The second kappa shape index (κ2) is 8.92. The summed E-state index contributed by atoms with van der Waals surface area (Å²) in [5.74, 6) is -0.338. The number of sulfonamides is 1. The zero-order chi connectivity index (χ0) is 20.0. The van der Waals surface area contributed by atoms with Gasteiger partial charge in [0, 0.05) is 43.5 Å². The number of hydrogen-bond acceptors (Lipinski definition) is 5. The molecule has 1 amide bonds. The van der Waals surface area contributed by atoms with Gasteiger partial charge in [-0.05, 0) is 31.2 Å². The maximum atomic E-state index is 12.5. The lowest BCUT2D eigenvalue weighted by Crippen LogP contribution is -2.32. The maximum absolute atomic E-state index is 12.5. The van der Waals surface area contributed by atoms with E-state index in [2.05, 4.69) is 10.3 Å². The van der Waals surface area contributed by atoms with Gasteiger partial charge in [-0.2, -0.15) is 4.31 Å².